The van der Waals surface area contributed by atoms with Crippen LogP contribution in [0.2, 0.25) is 5.02 Å². The molecule has 0 fully saturated rings. The van der Waals surface area contributed by atoms with Gasteiger partial charge in [-0.1, -0.05) is 42.8 Å². The molecule has 0 saturated heterocycles. The molecule has 1 aromatic heterocycles. The Morgan fingerprint density at radius 2 is 1.63 bits per heavy atom. The van der Waals surface area contributed by atoms with Gasteiger partial charge in [-0.05, 0) is 55.1 Å². The molecule has 0 saturated carbocycles. The van der Waals surface area contributed by atoms with E-state index >= 15 is 0 Å². The molecule has 0 aliphatic rings. The van der Waals surface area contributed by atoms with Crippen LogP contribution < -0.4 is 4.72 Å². The lowest BCUT2D eigenvalue weighted by atomic mass is 9.96. The number of hydrogen-bond acceptors (Lipinski definition) is 5. The van der Waals surface area contributed by atoms with Gasteiger partial charge in [-0.3, -0.25) is 9.52 Å². The number of carbonyl (C=O) groups excluding carboxylic acids is 1. The second-order valence-corrected chi connectivity index (χ2v) is 9.28. The molecule has 0 bridgehead atoms. The van der Waals surface area contributed by atoms with Crippen molar-refractivity contribution in [2.75, 3.05) is 18.8 Å². The van der Waals surface area contributed by atoms with E-state index in [1.807, 2.05) is 57.4 Å². The summed E-state index contributed by atoms with van der Waals surface area (Å²) in [5.74, 6) is 0.0834. The van der Waals surface area contributed by atoms with Gasteiger partial charge in [0.05, 0.1) is 4.88 Å². The second kappa shape index (κ2) is 9.75. The van der Waals surface area contributed by atoms with Gasteiger partial charge in [0.1, 0.15) is 0 Å². The Bertz CT molecular complexity index is 1110. The molecule has 30 heavy (non-hydrogen) atoms. The minimum atomic E-state index is -2.73. The molecule has 3 aromatic rings. The summed E-state index contributed by atoms with van der Waals surface area (Å²) < 4.78 is 24.3. The fourth-order valence-corrected chi connectivity index (χ4v) is 5.08. The molecule has 1 N–H and O–H groups in total. The number of rotatable bonds is 8. The molecule has 5 nitrogen and oxygen atoms in total. The third kappa shape index (κ3) is 5.10. The van der Waals surface area contributed by atoms with Crippen molar-refractivity contribution in [1.82, 2.24) is 4.90 Å². The summed E-state index contributed by atoms with van der Waals surface area (Å²) in [4.78, 5) is 16.7. The molecule has 0 amide bonds. The SMILES string of the molecule is CCC(=O)c1sc(-c2ccc(Cl)cc2)c(CN(C)C)c1-c1ccc(N[SH](=O)=O)cc1. The molecule has 8 heteroatoms. The summed E-state index contributed by atoms with van der Waals surface area (Å²) in [5, 5.41) is 0.661. The first-order chi connectivity index (χ1) is 14.3. The van der Waals surface area contributed by atoms with Crippen molar-refractivity contribution < 1.29 is 13.2 Å². The first-order valence-corrected chi connectivity index (χ1v) is 11.8. The Kier molecular flexibility index (Phi) is 7.31. The summed E-state index contributed by atoms with van der Waals surface area (Å²) in [6, 6.07) is 14.7. The normalized spacial score (nSPS) is 11.3. The maximum Gasteiger partial charge on any atom is 0.222 e. The minimum absolute atomic E-state index is 0.0834. The Labute approximate surface area is 187 Å². The average molecular weight is 463 g/mol. The zero-order valence-corrected chi connectivity index (χ0v) is 19.4. The van der Waals surface area contributed by atoms with Gasteiger partial charge in [0.15, 0.2) is 5.78 Å². The number of carbonyl (C=O) groups is 1. The van der Waals surface area contributed by atoms with Gasteiger partial charge >= 0.3 is 0 Å². The van der Waals surface area contributed by atoms with Crippen molar-refractivity contribution in [2.45, 2.75) is 19.9 Å². The average Bonchev–Trinajstić information content (AvgIpc) is 3.06. The van der Waals surface area contributed by atoms with E-state index in [0.29, 0.717) is 23.7 Å². The smallest absolute Gasteiger partial charge is 0.222 e. The van der Waals surface area contributed by atoms with Crippen LogP contribution in [0.3, 0.4) is 0 Å². The van der Waals surface area contributed by atoms with Crippen LogP contribution in [0.5, 0.6) is 0 Å². The molecule has 158 valence electrons. The number of hydrogen-bond donors (Lipinski definition) is 2. The summed E-state index contributed by atoms with van der Waals surface area (Å²) in [5.41, 5.74) is 4.36. The monoisotopic (exact) mass is 462 g/mol. The van der Waals surface area contributed by atoms with E-state index in [4.69, 9.17) is 11.6 Å². The summed E-state index contributed by atoms with van der Waals surface area (Å²) in [7, 11) is 1.26. The molecule has 3 rings (SSSR count). The molecular formula is C22H23ClN2O3S2. The van der Waals surface area contributed by atoms with Gasteiger partial charge in [-0.25, -0.2) is 8.42 Å². The fraction of sp³-hybridized carbons (Fsp3) is 0.227. The Morgan fingerprint density at radius 1 is 1.03 bits per heavy atom. The van der Waals surface area contributed by atoms with Crippen molar-refractivity contribution in [3.63, 3.8) is 0 Å². The number of nitrogens with one attached hydrogen (secondary N) is 1. The third-order valence-electron chi connectivity index (χ3n) is 4.56. The number of halogens is 1. The number of ketones is 1. The maximum absolute atomic E-state index is 12.8. The summed E-state index contributed by atoms with van der Waals surface area (Å²) in [6.07, 6.45) is 0.408. The number of nitrogens with zero attached hydrogens (tertiary/aromatic N) is 1. The fourth-order valence-electron chi connectivity index (χ4n) is 3.25. The van der Waals surface area contributed by atoms with E-state index in [1.54, 1.807) is 12.1 Å². The summed E-state index contributed by atoms with van der Waals surface area (Å²) in [6.45, 7) is 2.52. The van der Waals surface area contributed by atoms with Gasteiger partial charge < -0.3 is 4.90 Å². The predicted molar refractivity (Wildman–Crippen MR) is 126 cm³/mol. The van der Waals surface area contributed by atoms with E-state index < -0.39 is 10.9 Å². The molecule has 0 aliphatic heterocycles. The Balaban J connectivity index is 2.22. The molecule has 1 heterocycles. The number of anilines is 1. The molecule has 0 aliphatic carbocycles. The van der Waals surface area contributed by atoms with Gasteiger partial charge in [-0.2, -0.15) is 0 Å². The van der Waals surface area contributed by atoms with Gasteiger partial charge in [0.2, 0.25) is 10.9 Å². The van der Waals surface area contributed by atoms with E-state index in [9.17, 15) is 13.2 Å². The quantitative estimate of drug-likeness (QED) is 0.351. The van der Waals surface area contributed by atoms with Crippen LogP contribution in [0.1, 0.15) is 28.6 Å². The van der Waals surface area contributed by atoms with Gasteiger partial charge in [0.25, 0.3) is 0 Å². The molecule has 0 spiro atoms. The molecule has 0 unspecified atom stereocenters. The van der Waals surface area contributed by atoms with Crippen LogP contribution in [0, 0.1) is 0 Å². The van der Waals surface area contributed by atoms with Crippen LogP contribution in [0.25, 0.3) is 21.6 Å². The maximum atomic E-state index is 12.8. The predicted octanol–water partition coefficient (Wildman–Crippen LogP) is 5.33. The third-order valence-corrected chi connectivity index (χ3v) is 6.57. The second-order valence-electron chi connectivity index (χ2n) is 7.08. The zero-order chi connectivity index (χ0) is 21.8. The molecular weight excluding hydrogens is 440 g/mol. The molecule has 2 aromatic carbocycles. The van der Waals surface area contributed by atoms with Crippen molar-refractivity contribution in [1.29, 1.82) is 0 Å². The molecule has 0 radical (unpaired) electrons. The number of benzene rings is 2. The first-order valence-electron chi connectivity index (χ1n) is 9.41. The highest BCUT2D eigenvalue weighted by molar-refractivity contribution is 7.73. The van der Waals surface area contributed by atoms with Crippen LogP contribution in [-0.2, 0) is 17.4 Å². The van der Waals surface area contributed by atoms with Crippen molar-refractivity contribution in [3.8, 4) is 21.6 Å². The highest BCUT2D eigenvalue weighted by Gasteiger charge is 2.24. The minimum Gasteiger partial charge on any atom is -0.305 e. The topological polar surface area (TPSA) is 66.5 Å². The van der Waals surface area contributed by atoms with E-state index in [2.05, 4.69) is 9.62 Å². The molecule has 0 atom stereocenters. The van der Waals surface area contributed by atoms with Gasteiger partial charge in [-0.15, -0.1) is 11.3 Å². The number of thiol groups is 1. The lowest BCUT2D eigenvalue weighted by Gasteiger charge is -2.14. The lowest BCUT2D eigenvalue weighted by molar-refractivity contribution is 0.0992. The van der Waals surface area contributed by atoms with Crippen molar-refractivity contribution in [3.05, 3.63) is 64.0 Å². The van der Waals surface area contributed by atoms with Crippen LogP contribution in [0.4, 0.5) is 5.69 Å². The van der Waals surface area contributed by atoms with E-state index in [1.165, 1.54) is 11.3 Å². The van der Waals surface area contributed by atoms with Crippen LogP contribution in [0.15, 0.2) is 48.5 Å². The zero-order valence-electron chi connectivity index (χ0n) is 16.9. The lowest BCUT2D eigenvalue weighted by Crippen LogP contribution is -2.12. The number of Topliss-reactive ketones (excluding diaryl/α,β-unsaturated/α-hetero) is 1. The highest BCUT2D eigenvalue weighted by atomic mass is 35.5. The standard InChI is InChI=1S/C22H23ClN2O3S2/c1-4-19(26)22-20(14-7-11-17(12-8-14)24-30(27)28)18(13-25(2)3)21(29-22)15-5-9-16(23)10-6-15/h5-12,30H,4,13H2,1-3H3,(H,24,27,28). The van der Waals surface area contributed by atoms with E-state index in [0.717, 1.165) is 32.0 Å². The Hall–Kier alpha value is -2.19. The largest absolute Gasteiger partial charge is 0.305 e. The van der Waals surface area contributed by atoms with Crippen LogP contribution >= 0.6 is 22.9 Å². The van der Waals surface area contributed by atoms with Crippen molar-refractivity contribution in [2.24, 2.45) is 0 Å². The van der Waals surface area contributed by atoms with Gasteiger partial charge in [0, 0.05) is 34.1 Å². The van der Waals surface area contributed by atoms with E-state index in [-0.39, 0.29) is 5.78 Å². The van der Waals surface area contributed by atoms with Crippen molar-refractivity contribution >= 4 is 45.3 Å². The Morgan fingerprint density at radius 3 is 2.17 bits per heavy atom. The first kappa shape index (κ1) is 22.5. The highest BCUT2D eigenvalue weighted by Crippen LogP contribution is 2.44. The summed E-state index contributed by atoms with van der Waals surface area (Å²) >= 11 is 7.57. The number of thiophene rings is 1. The van der Waals surface area contributed by atoms with Crippen LogP contribution in [-0.4, -0.2) is 33.2 Å².